The van der Waals surface area contributed by atoms with E-state index in [1.807, 2.05) is 31.2 Å². The predicted octanol–water partition coefficient (Wildman–Crippen LogP) is 3.17. The predicted molar refractivity (Wildman–Crippen MR) is 101 cm³/mol. The summed E-state index contributed by atoms with van der Waals surface area (Å²) >= 11 is 0. The fraction of sp³-hybridized carbons (Fsp3) is 0.158. The van der Waals surface area contributed by atoms with Crippen LogP contribution in [0.4, 0.5) is 5.82 Å². The van der Waals surface area contributed by atoms with Gasteiger partial charge in [0.2, 0.25) is 5.82 Å². The Kier molecular flexibility index (Phi) is 5.56. The van der Waals surface area contributed by atoms with E-state index in [1.54, 1.807) is 19.2 Å². The first-order valence-corrected chi connectivity index (χ1v) is 9.62. The SMILES string of the molecule is COc1cccc(COc2nccnc2NS(=O)(=O)c2ccc(C)cc2)c1. The van der Waals surface area contributed by atoms with E-state index in [2.05, 4.69) is 14.7 Å². The molecule has 1 N–H and O–H groups in total. The lowest BCUT2D eigenvalue weighted by Gasteiger charge is -2.12. The van der Waals surface area contributed by atoms with Crippen LogP contribution < -0.4 is 14.2 Å². The number of nitrogens with one attached hydrogen (secondary N) is 1. The molecule has 0 spiro atoms. The highest BCUT2D eigenvalue weighted by Crippen LogP contribution is 2.23. The average Bonchev–Trinajstić information content (AvgIpc) is 2.67. The lowest BCUT2D eigenvalue weighted by Crippen LogP contribution is -2.15. The molecule has 0 saturated heterocycles. The number of hydrogen-bond donors (Lipinski definition) is 1. The van der Waals surface area contributed by atoms with Crippen LogP contribution in [0.15, 0.2) is 65.8 Å². The summed E-state index contributed by atoms with van der Waals surface area (Å²) < 4.78 is 38.4. The fourth-order valence-corrected chi connectivity index (χ4v) is 3.33. The first kappa shape index (κ1) is 18.7. The Bertz CT molecular complexity index is 1020. The van der Waals surface area contributed by atoms with E-state index in [1.165, 1.54) is 24.5 Å². The number of methoxy groups -OCH3 is 1. The standard InChI is InChI=1S/C19H19N3O4S/c1-14-6-8-17(9-7-14)27(23,24)22-18-19(21-11-10-20-18)26-13-15-4-3-5-16(12-15)25-2/h3-12H,13H2,1-2H3,(H,20,22). The Hall–Kier alpha value is -3.13. The van der Waals surface area contributed by atoms with E-state index in [0.717, 1.165) is 11.1 Å². The van der Waals surface area contributed by atoms with E-state index >= 15 is 0 Å². The molecule has 140 valence electrons. The minimum absolute atomic E-state index is 0.0287. The largest absolute Gasteiger partial charge is 0.497 e. The molecule has 7 nitrogen and oxygen atoms in total. The van der Waals surface area contributed by atoms with Gasteiger partial charge in [-0.3, -0.25) is 4.72 Å². The Balaban J connectivity index is 1.78. The first-order valence-electron chi connectivity index (χ1n) is 8.14. The lowest BCUT2D eigenvalue weighted by atomic mass is 10.2. The van der Waals surface area contributed by atoms with E-state index in [9.17, 15) is 8.42 Å². The second kappa shape index (κ2) is 8.05. The number of aromatic nitrogens is 2. The van der Waals surface area contributed by atoms with Crippen molar-refractivity contribution < 1.29 is 17.9 Å². The van der Waals surface area contributed by atoms with Gasteiger partial charge in [-0.15, -0.1) is 0 Å². The molecule has 0 aliphatic rings. The summed E-state index contributed by atoms with van der Waals surface area (Å²) in [6.07, 6.45) is 2.83. The average molecular weight is 385 g/mol. The van der Waals surface area contributed by atoms with Crippen LogP contribution in [0.3, 0.4) is 0 Å². The summed E-state index contributed by atoms with van der Waals surface area (Å²) in [5.74, 6) is 0.826. The Morgan fingerprint density at radius 2 is 1.78 bits per heavy atom. The third-order valence-electron chi connectivity index (χ3n) is 3.74. The molecule has 0 saturated carbocycles. The summed E-state index contributed by atoms with van der Waals surface area (Å²) in [7, 11) is -2.21. The molecule has 3 rings (SSSR count). The van der Waals surface area contributed by atoms with Crippen molar-refractivity contribution in [3.8, 4) is 11.6 Å². The monoisotopic (exact) mass is 385 g/mol. The Labute approximate surface area is 158 Å². The van der Waals surface area contributed by atoms with Gasteiger partial charge in [0.1, 0.15) is 12.4 Å². The van der Waals surface area contributed by atoms with E-state index < -0.39 is 10.0 Å². The maximum atomic E-state index is 12.6. The third-order valence-corrected chi connectivity index (χ3v) is 5.09. The number of anilines is 1. The van der Waals surface area contributed by atoms with Crippen LogP contribution in [0, 0.1) is 6.92 Å². The van der Waals surface area contributed by atoms with E-state index in [0.29, 0.717) is 5.75 Å². The molecule has 3 aromatic rings. The molecule has 1 aromatic heterocycles. The molecule has 1 heterocycles. The number of rotatable bonds is 7. The fourth-order valence-electron chi connectivity index (χ4n) is 2.32. The zero-order valence-electron chi connectivity index (χ0n) is 14.9. The highest BCUT2D eigenvalue weighted by molar-refractivity contribution is 7.92. The van der Waals surface area contributed by atoms with Gasteiger partial charge in [-0.25, -0.2) is 18.4 Å². The van der Waals surface area contributed by atoms with Gasteiger partial charge in [0.15, 0.2) is 0 Å². The minimum Gasteiger partial charge on any atom is -0.497 e. The zero-order valence-corrected chi connectivity index (χ0v) is 15.7. The molecule has 0 unspecified atom stereocenters. The molecule has 0 aliphatic carbocycles. The number of sulfonamides is 1. The summed E-state index contributed by atoms with van der Waals surface area (Å²) in [6.45, 7) is 2.08. The van der Waals surface area contributed by atoms with Gasteiger partial charge >= 0.3 is 0 Å². The molecule has 0 aliphatic heterocycles. The zero-order chi connectivity index (χ0) is 19.3. The van der Waals surface area contributed by atoms with Gasteiger partial charge in [0.05, 0.1) is 12.0 Å². The van der Waals surface area contributed by atoms with Crippen LogP contribution in [-0.2, 0) is 16.6 Å². The summed E-state index contributed by atoms with van der Waals surface area (Å²) in [6, 6.07) is 13.9. The van der Waals surface area contributed by atoms with Crippen LogP contribution in [0.1, 0.15) is 11.1 Å². The molecular weight excluding hydrogens is 366 g/mol. The molecular formula is C19H19N3O4S. The van der Waals surface area contributed by atoms with Crippen molar-refractivity contribution in [3.05, 3.63) is 72.1 Å². The molecule has 0 fully saturated rings. The minimum atomic E-state index is -3.80. The number of aryl methyl sites for hydroxylation is 1. The van der Waals surface area contributed by atoms with E-state index in [4.69, 9.17) is 9.47 Å². The maximum absolute atomic E-state index is 12.6. The number of hydrogen-bond acceptors (Lipinski definition) is 6. The second-order valence-electron chi connectivity index (χ2n) is 5.77. The summed E-state index contributed by atoms with van der Waals surface area (Å²) in [5.41, 5.74) is 1.82. The summed E-state index contributed by atoms with van der Waals surface area (Å²) in [5, 5.41) is 0. The topological polar surface area (TPSA) is 90.4 Å². The number of nitrogens with zero attached hydrogens (tertiary/aromatic N) is 2. The van der Waals surface area contributed by atoms with Gasteiger partial charge in [-0.05, 0) is 36.8 Å². The van der Waals surface area contributed by atoms with Gasteiger partial charge in [0.25, 0.3) is 15.9 Å². The smallest absolute Gasteiger partial charge is 0.263 e. The number of benzene rings is 2. The van der Waals surface area contributed by atoms with Crippen molar-refractivity contribution in [2.75, 3.05) is 11.8 Å². The molecule has 27 heavy (non-hydrogen) atoms. The molecule has 8 heteroatoms. The van der Waals surface area contributed by atoms with Crippen LogP contribution >= 0.6 is 0 Å². The van der Waals surface area contributed by atoms with Gasteiger partial charge in [-0.2, -0.15) is 0 Å². The maximum Gasteiger partial charge on any atom is 0.263 e. The molecule has 0 amide bonds. The third kappa shape index (κ3) is 4.73. The number of ether oxygens (including phenoxy) is 2. The van der Waals surface area contributed by atoms with Crippen molar-refractivity contribution in [1.29, 1.82) is 0 Å². The van der Waals surface area contributed by atoms with Crippen molar-refractivity contribution >= 4 is 15.8 Å². The van der Waals surface area contributed by atoms with Crippen LogP contribution in [0.5, 0.6) is 11.6 Å². The van der Waals surface area contributed by atoms with Gasteiger partial charge in [-0.1, -0.05) is 29.8 Å². The normalized spacial score (nSPS) is 11.0. The van der Waals surface area contributed by atoms with Crippen molar-refractivity contribution in [2.24, 2.45) is 0 Å². The van der Waals surface area contributed by atoms with Crippen molar-refractivity contribution in [1.82, 2.24) is 9.97 Å². The molecule has 0 bridgehead atoms. The first-order chi connectivity index (χ1) is 13.0. The lowest BCUT2D eigenvalue weighted by molar-refractivity contribution is 0.293. The van der Waals surface area contributed by atoms with Gasteiger partial charge < -0.3 is 9.47 Å². The molecule has 2 aromatic carbocycles. The van der Waals surface area contributed by atoms with Crippen LogP contribution in [0.2, 0.25) is 0 Å². The Morgan fingerprint density at radius 1 is 1.04 bits per heavy atom. The molecule has 0 atom stereocenters. The second-order valence-corrected chi connectivity index (χ2v) is 7.45. The Morgan fingerprint density at radius 3 is 2.52 bits per heavy atom. The highest BCUT2D eigenvalue weighted by Gasteiger charge is 2.18. The van der Waals surface area contributed by atoms with Crippen LogP contribution in [0.25, 0.3) is 0 Å². The summed E-state index contributed by atoms with van der Waals surface area (Å²) in [4.78, 5) is 8.27. The molecule has 0 radical (unpaired) electrons. The van der Waals surface area contributed by atoms with Crippen molar-refractivity contribution in [2.45, 2.75) is 18.4 Å². The van der Waals surface area contributed by atoms with Crippen molar-refractivity contribution in [3.63, 3.8) is 0 Å². The van der Waals surface area contributed by atoms with Gasteiger partial charge in [0, 0.05) is 12.4 Å². The highest BCUT2D eigenvalue weighted by atomic mass is 32.2. The van der Waals surface area contributed by atoms with Crippen LogP contribution in [-0.4, -0.2) is 25.5 Å². The van der Waals surface area contributed by atoms with E-state index in [-0.39, 0.29) is 23.2 Å². The quantitative estimate of drug-likeness (QED) is 0.672.